The molecule has 2 N–H and O–H groups in total. The highest BCUT2D eigenvalue weighted by Crippen LogP contribution is 2.38. The van der Waals surface area contributed by atoms with Crippen LogP contribution in [0.4, 0.5) is 13.2 Å². The summed E-state index contributed by atoms with van der Waals surface area (Å²) < 4.78 is 44.5. The first-order valence-corrected chi connectivity index (χ1v) is 4.98. The number of hydrogen-bond acceptors (Lipinski definition) is 4. The molecule has 94 valence electrons. The van der Waals surface area contributed by atoms with E-state index in [4.69, 9.17) is 0 Å². The number of rotatable bonds is 3. The monoisotopic (exact) mass is 241 g/mol. The van der Waals surface area contributed by atoms with Gasteiger partial charge in [-0.05, 0) is 19.9 Å². The van der Waals surface area contributed by atoms with Crippen molar-refractivity contribution in [1.29, 1.82) is 0 Å². The van der Waals surface area contributed by atoms with Crippen molar-refractivity contribution >= 4 is 5.97 Å². The van der Waals surface area contributed by atoms with Gasteiger partial charge in [-0.1, -0.05) is 0 Å². The van der Waals surface area contributed by atoms with E-state index >= 15 is 0 Å². The van der Waals surface area contributed by atoms with Crippen LogP contribution >= 0.6 is 0 Å². The van der Waals surface area contributed by atoms with E-state index in [1.165, 1.54) is 6.92 Å². The smallest absolute Gasteiger partial charge is 0.380 e. The van der Waals surface area contributed by atoms with E-state index in [0.29, 0.717) is 0 Å². The van der Waals surface area contributed by atoms with Gasteiger partial charge in [0, 0.05) is 6.54 Å². The summed E-state index contributed by atoms with van der Waals surface area (Å²) in [7, 11) is 0. The van der Waals surface area contributed by atoms with Crippen LogP contribution in [0.1, 0.15) is 13.3 Å². The van der Waals surface area contributed by atoms with Gasteiger partial charge >= 0.3 is 11.9 Å². The first kappa shape index (κ1) is 13.2. The summed E-state index contributed by atoms with van der Waals surface area (Å²) in [5.41, 5.74) is -2.98. The molecule has 7 heteroatoms. The van der Waals surface area contributed by atoms with Crippen LogP contribution in [-0.2, 0) is 9.53 Å². The Bertz CT molecular complexity index is 275. The molecule has 0 bridgehead atoms. The predicted octanol–water partition coefficient (Wildman–Crippen LogP) is 0.247. The number of ether oxygens (including phenoxy) is 1. The average molecular weight is 241 g/mol. The highest BCUT2D eigenvalue weighted by molar-refractivity contribution is 5.79. The minimum absolute atomic E-state index is 0.0198. The third kappa shape index (κ3) is 2.01. The van der Waals surface area contributed by atoms with E-state index in [9.17, 15) is 23.1 Å². The second-order valence-corrected chi connectivity index (χ2v) is 3.64. The molecule has 2 atom stereocenters. The molecule has 16 heavy (non-hydrogen) atoms. The molecule has 0 aliphatic carbocycles. The zero-order valence-electron chi connectivity index (χ0n) is 8.80. The molecule has 1 rings (SSSR count). The summed E-state index contributed by atoms with van der Waals surface area (Å²) in [6.07, 6.45) is -2.75. The summed E-state index contributed by atoms with van der Waals surface area (Å²) in [6, 6.07) is 0. The number of carbonyl (C=O) groups is 1. The Morgan fingerprint density at radius 2 is 2.31 bits per heavy atom. The molecule has 0 aromatic heterocycles. The van der Waals surface area contributed by atoms with Crippen molar-refractivity contribution in [3.8, 4) is 0 Å². The van der Waals surface area contributed by atoms with Crippen LogP contribution in [0.5, 0.6) is 0 Å². The van der Waals surface area contributed by atoms with E-state index in [1.807, 2.05) is 0 Å². The summed E-state index contributed by atoms with van der Waals surface area (Å²) >= 11 is 0. The van der Waals surface area contributed by atoms with E-state index in [2.05, 4.69) is 10.1 Å². The number of hydrogen-bond donors (Lipinski definition) is 2. The lowest BCUT2D eigenvalue weighted by molar-refractivity contribution is -0.234. The molecule has 4 nitrogen and oxygen atoms in total. The Kier molecular flexibility index (Phi) is 3.80. The minimum Gasteiger partial charge on any atom is -0.461 e. The van der Waals surface area contributed by atoms with Crippen molar-refractivity contribution < 1.29 is 27.8 Å². The Morgan fingerprint density at radius 1 is 1.69 bits per heavy atom. The summed E-state index contributed by atoms with van der Waals surface area (Å²) in [6.45, 7) is 0.713. The first-order chi connectivity index (χ1) is 7.36. The Balaban J connectivity index is 2.90. The highest BCUT2D eigenvalue weighted by Gasteiger charge is 2.64. The number of halogens is 3. The van der Waals surface area contributed by atoms with Crippen molar-refractivity contribution in [2.45, 2.75) is 31.0 Å². The lowest BCUT2D eigenvalue weighted by Gasteiger charge is -2.39. The fraction of sp³-hybridized carbons (Fsp3) is 0.889. The molecule has 1 saturated heterocycles. The van der Waals surface area contributed by atoms with Gasteiger partial charge in [-0.25, -0.2) is 9.18 Å². The molecule has 0 saturated carbocycles. The fourth-order valence-corrected chi connectivity index (χ4v) is 1.59. The zero-order chi connectivity index (χ0) is 12.4. The maximum Gasteiger partial charge on any atom is 0.380 e. The molecular formula is C9H14F3NO3. The number of esters is 1. The SMILES string of the molecule is CCOC(=O)C(F)(F)C1(O)CCNCC1F. The summed E-state index contributed by atoms with van der Waals surface area (Å²) in [5.74, 6) is -6.12. The molecule has 0 amide bonds. The zero-order valence-corrected chi connectivity index (χ0v) is 8.80. The van der Waals surface area contributed by atoms with E-state index < -0.39 is 36.6 Å². The number of aliphatic hydroxyl groups is 1. The second kappa shape index (κ2) is 4.58. The van der Waals surface area contributed by atoms with Crippen molar-refractivity contribution in [3.63, 3.8) is 0 Å². The molecule has 1 aliphatic heterocycles. The van der Waals surface area contributed by atoms with Gasteiger partial charge in [0.1, 0.15) is 6.17 Å². The standard InChI is InChI=1S/C9H14F3NO3/c1-2-16-7(14)9(11,12)8(15)3-4-13-5-6(8)10/h6,13,15H,2-5H2,1H3. The summed E-state index contributed by atoms with van der Waals surface area (Å²) in [4.78, 5) is 11.0. The first-order valence-electron chi connectivity index (χ1n) is 4.98. The molecule has 0 aromatic rings. The molecule has 0 spiro atoms. The normalized spacial score (nSPS) is 31.2. The van der Waals surface area contributed by atoms with E-state index in [-0.39, 0.29) is 13.2 Å². The van der Waals surface area contributed by atoms with Gasteiger partial charge in [-0.2, -0.15) is 8.78 Å². The molecular weight excluding hydrogens is 227 g/mol. The third-order valence-corrected chi connectivity index (χ3v) is 2.60. The van der Waals surface area contributed by atoms with E-state index in [0.717, 1.165) is 0 Å². The maximum absolute atomic E-state index is 13.5. The van der Waals surface area contributed by atoms with Crippen LogP contribution in [0.25, 0.3) is 0 Å². The van der Waals surface area contributed by atoms with Gasteiger partial charge in [0.15, 0.2) is 5.60 Å². The lowest BCUT2D eigenvalue weighted by Crippen LogP contribution is -2.65. The van der Waals surface area contributed by atoms with Crippen LogP contribution in [0.15, 0.2) is 0 Å². The van der Waals surface area contributed by atoms with Crippen LogP contribution < -0.4 is 5.32 Å². The van der Waals surface area contributed by atoms with Gasteiger partial charge in [0.25, 0.3) is 0 Å². The number of alkyl halides is 3. The van der Waals surface area contributed by atoms with Crippen molar-refractivity contribution in [1.82, 2.24) is 5.32 Å². The second-order valence-electron chi connectivity index (χ2n) is 3.64. The van der Waals surface area contributed by atoms with Crippen LogP contribution in [0.3, 0.4) is 0 Å². The van der Waals surface area contributed by atoms with Crippen LogP contribution in [0.2, 0.25) is 0 Å². The average Bonchev–Trinajstić information content (AvgIpc) is 2.22. The summed E-state index contributed by atoms with van der Waals surface area (Å²) in [5, 5.41) is 12.1. The molecule has 1 aliphatic rings. The topological polar surface area (TPSA) is 58.6 Å². The molecule has 0 aromatic carbocycles. The third-order valence-electron chi connectivity index (χ3n) is 2.60. The Labute approximate surface area is 90.8 Å². The van der Waals surface area contributed by atoms with Gasteiger partial charge < -0.3 is 15.2 Å². The molecule has 2 unspecified atom stereocenters. The van der Waals surface area contributed by atoms with Crippen molar-refractivity contribution in [2.24, 2.45) is 0 Å². The van der Waals surface area contributed by atoms with Gasteiger partial charge in [-0.15, -0.1) is 0 Å². The molecule has 1 fully saturated rings. The Hall–Kier alpha value is -0.820. The maximum atomic E-state index is 13.5. The van der Waals surface area contributed by atoms with Crippen LogP contribution in [-0.4, -0.2) is 48.5 Å². The largest absolute Gasteiger partial charge is 0.461 e. The van der Waals surface area contributed by atoms with Crippen LogP contribution in [0, 0.1) is 0 Å². The fourth-order valence-electron chi connectivity index (χ4n) is 1.59. The van der Waals surface area contributed by atoms with Crippen molar-refractivity contribution in [3.05, 3.63) is 0 Å². The molecule has 1 heterocycles. The minimum atomic E-state index is -4.23. The van der Waals surface area contributed by atoms with Gasteiger partial charge in [0.05, 0.1) is 6.61 Å². The van der Waals surface area contributed by atoms with Gasteiger partial charge in [0.2, 0.25) is 0 Å². The lowest BCUT2D eigenvalue weighted by atomic mass is 9.84. The predicted molar refractivity (Wildman–Crippen MR) is 48.9 cm³/mol. The number of carbonyl (C=O) groups excluding carboxylic acids is 1. The Morgan fingerprint density at radius 3 is 2.81 bits per heavy atom. The van der Waals surface area contributed by atoms with E-state index in [1.54, 1.807) is 0 Å². The van der Waals surface area contributed by atoms with Crippen molar-refractivity contribution in [2.75, 3.05) is 19.7 Å². The number of piperidine rings is 1. The van der Waals surface area contributed by atoms with Gasteiger partial charge in [-0.3, -0.25) is 0 Å². The molecule has 0 radical (unpaired) electrons. The quantitative estimate of drug-likeness (QED) is 0.695. The highest BCUT2D eigenvalue weighted by atomic mass is 19.3. The number of nitrogens with one attached hydrogen (secondary N) is 1.